The van der Waals surface area contributed by atoms with Crippen molar-refractivity contribution in [1.82, 2.24) is 15.1 Å². The summed E-state index contributed by atoms with van der Waals surface area (Å²) in [4.78, 5) is 17.0. The maximum atomic E-state index is 12.8. The van der Waals surface area contributed by atoms with Crippen molar-refractivity contribution in [3.8, 4) is 11.5 Å². The Balaban J connectivity index is 1.81. The van der Waals surface area contributed by atoms with Gasteiger partial charge in [0.25, 0.3) is 0 Å². The number of benzene rings is 2. The lowest BCUT2D eigenvalue weighted by Crippen LogP contribution is -2.48. The van der Waals surface area contributed by atoms with Gasteiger partial charge in [-0.15, -0.1) is 0 Å². The fourth-order valence-electron chi connectivity index (χ4n) is 4.00. The SMILES string of the molecule is COc1cccc2c(C(C)NC(=O)N(C)C3CCN(C)CC3)ccc(OC)c12. The number of carbonyl (C=O) groups excluding carboxylic acids is 1. The molecule has 2 amide bonds. The van der Waals surface area contributed by atoms with Gasteiger partial charge in [0.05, 0.1) is 25.6 Å². The highest BCUT2D eigenvalue weighted by atomic mass is 16.5. The van der Waals surface area contributed by atoms with Crippen LogP contribution in [0.25, 0.3) is 10.8 Å². The standard InChI is InChI=1S/C22H31N3O3/c1-15(23-22(26)25(3)16-11-13-24(2)14-12-16)17-9-10-20(28-5)21-18(17)7-6-8-19(21)27-4/h6-10,15-16H,11-14H2,1-5H3,(H,23,26). The van der Waals surface area contributed by atoms with E-state index < -0.39 is 0 Å². The fraction of sp³-hybridized carbons (Fsp3) is 0.500. The molecule has 1 N–H and O–H groups in total. The van der Waals surface area contributed by atoms with Crippen molar-refractivity contribution in [3.63, 3.8) is 0 Å². The Hall–Kier alpha value is -2.47. The Morgan fingerprint density at radius 2 is 1.79 bits per heavy atom. The monoisotopic (exact) mass is 385 g/mol. The summed E-state index contributed by atoms with van der Waals surface area (Å²) < 4.78 is 11.1. The number of urea groups is 1. The molecule has 152 valence electrons. The van der Waals surface area contributed by atoms with E-state index in [1.807, 2.05) is 49.2 Å². The normalized spacial score (nSPS) is 16.6. The molecule has 1 unspecified atom stereocenters. The molecule has 1 aliphatic heterocycles. The first-order chi connectivity index (χ1) is 13.5. The molecule has 0 aromatic heterocycles. The van der Waals surface area contributed by atoms with E-state index in [0.29, 0.717) is 0 Å². The average Bonchev–Trinajstić information content (AvgIpc) is 2.72. The number of rotatable bonds is 5. The molecule has 1 heterocycles. The number of likely N-dealkylation sites (tertiary alicyclic amines) is 1. The maximum absolute atomic E-state index is 12.8. The third-order valence-electron chi connectivity index (χ3n) is 5.80. The van der Waals surface area contributed by atoms with Gasteiger partial charge in [-0.2, -0.15) is 0 Å². The van der Waals surface area contributed by atoms with Crippen molar-refractivity contribution in [2.75, 3.05) is 41.4 Å². The minimum atomic E-state index is -0.137. The molecule has 1 saturated heterocycles. The summed E-state index contributed by atoms with van der Waals surface area (Å²) in [6, 6.07) is 9.99. The van der Waals surface area contributed by atoms with Crippen molar-refractivity contribution in [2.45, 2.75) is 31.8 Å². The van der Waals surface area contributed by atoms with Crippen LogP contribution in [0.3, 0.4) is 0 Å². The summed E-state index contributed by atoms with van der Waals surface area (Å²) in [7, 11) is 7.33. The maximum Gasteiger partial charge on any atom is 0.317 e. The fourth-order valence-corrected chi connectivity index (χ4v) is 4.00. The van der Waals surface area contributed by atoms with Crippen LogP contribution in [0.2, 0.25) is 0 Å². The van der Waals surface area contributed by atoms with Gasteiger partial charge in [0.2, 0.25) is 0 Å². The van der Waals surface area contributed by atoms with Crippen molar-refractivity contribution in [3.05, 3.63) is 35.9 Å². The zero-order chi connectivity index (χ0) is 20.3. The molecule has 28 heavy (non-hydrogen) atoms. The van der Waals surface area contributed by atoms with Crippen LogP contribution in [0, 0.1) is 0 Å². The lowest BCUT2D eigenvalue weighted by atomic mass is 9.98. The van der Waals surface area contributed by atoms with Gasteiger partial charge >= 0.3 is 6.03 Å². The number of methoxy groups -OCH3 is 2. The molecule has 1 aliphatic rings. The van der Waals surface area contributed by atoms with E-state index in [2.05, 4.69) is 17.3 Å². The average molecular weight is 386 g/mol. The van der Waals surface area contributed by atoms with E-state index in [1.165, 1.54) is 0 Å². The minimum absolute atomic E-state index is 0.0334. The Bertz CT molecular complexity index is 821. The van der Waals surface area contributed by atoms with Crippen LogP contribution in [0.15, 0.2) is 30.3 Å². The summed E-state index contributed by atoms with van der Waals surface area (Å²) in [6.45, 7) is 4.07. The molecular weight excluding hydrogens is 354 g/mol. The topological polar surface area (TPSA) is 54.0 Å². The van der Waals surface area contributed by atoms with Crippen molar-refractivity contribution >= 4 is 16.8 Å². The molecule has 0 bridgehead atoms. The molecule has 2 aromatic rings. The summed E-state index contributed by atoms with van der Waals surface area (Å²) in [5.41, 5.74) is 1.04. The van der Waals surface area contributed by atoms with Crippen LogP contribution in [-0.2, 0) is 0 Å². The largest absolute Gasteiger partial charge is 0.496 e. The van der Waals surface area contributed by atoms with Gasteiger partial charge < -0.3 is 24.6 Å². The second-order valence-electron chi connectivity index (χ2n) is 7.56. The van der Waals surface area contributed by atoms with Crippen molar-refractivity contribution in [1.29, 1.82) is 0 Å². The highest BCUT2D eigenvalue weighted by Crippen LogP contribution is 2.37. The molecule has 1 atom stereocenters. The number of nitrogens with one attached hydrogen (secondary N) is 1. The lowest BCUT2D eigenvalue weighted by molar-refractivity contribution is 0.146. The molecule has 0 aliphatic carbocycles. The van der Waals surface area contributed by atoms with Crippen LogP contribution in [0.4, 0.5) is 4.79 Å². The highest BCUT2D eigenvalue weighted by Gasteiger charge is 2.25. The van der Waals surface area contributed by atoms with Gasteiger partial charge in [0, 0.05) is 13.1 Å². The Morgan fingerprint density at radius 1 is 1.14 bits per heavy atom. The second-order valence-corrected chi connectivity index (χ2v) is 7.56. The quantitative estimate of drug-likeness (QED) is 0.854. The van der Waals surface area contributed by atoms with Gasteiger partial charge in [-0.3, -0.25) is 0 Å². The van der Waals surface area contributed by atoms with E-state index in [0.717, 1.165) is 53.8 Å². The first-order valence-electron chi connectivity index (χ1n) is 9.81. The molecule has 6 heteroatoms. The number of hydrogen-bond acceptors (Lipinski definition) is 4. The van der Waals surface area contributed by atoms with E-state index in [4.69, 9.17) is 9.47 Å². The van der Waals surface area contributed by atoms with Gasteiger partial charge in [-0.05, 0) is 63.0 Å². The van der Waals surface area contributed by atoms with Gasteiger partial charge in [0.15, 0.2) is 0 Å². The van der Waals surface area contributed by atoms with Gasteiger partial charge in [0.1, 0.15) is 11.5 Å². The molecule has 6 nitrogen and oxygen atoms in total. The molecular formula is C22H31N3O3. The van der Waals surface area contributed by atoms with Gasteiger partial charge in [-0.25, -0.2) is 4.79 Å². The lowest BCUT2D eigenvalue weighted by Gasteiger charge is -2.35. The van der Waals surface area contributed by atoms with E-state index in [1.54, 1.807) is 14.2 Å². The zero-order valence-electron chi connectivity index (χ0n) is 17.5. The zero-order valence-corrected chi connectivity index (χ0v) is 17.5. The Kier molecular flexibility index (Phi) is 6.29. The third kappa shape index (κ3) is 4.02. The molecule has 1 fully saturated rings. The molecule has 0 spiro atoms. The first-order valence-corrected chi connectivity index (χ1v) is 9.81. The van der Waals surface area contributed by atoms with Crippen LogP contribution >= 0.6 is 0 Å². The number of amides is 2. The molecule has 0 radical (unpaired) electrons. The van der Waals surface area contributed by atoms with Crippen LogP contribution in [0.1, 0.15) is 31.4 Å². The van der Waals surface area contributed by atoms with Gasteiger partial charge in [-0.1, -0.05) is 18.2 Å². The number of carbonyl (C=O) groups is 1. The van der Waals surface area contributed by atoms with Crippen molar-refractivity contribution in [2.24, 2.45) is 0 Å². The van der Waals surface area contributed by atoms with Crippen LogP contribution < -0.4 is 14.8 Å². The smallest absolute Gasteiger partial charge is 0.317 e. The summed E-state index contributed by atoms with van der Waals surface area (Å²) in [5.74, 6) is 1.52. The van der Waals surface area contributed by atoms with Crippen LogP contribution in [-0.4, -0.2) is 63.3 Å². The van der Waals surface area contributed by atoms with E-state index in [-0.39, 0.29) is 18.1 Å². The molecule has 2 aromatic carbocycles. The predicted molar refractivity (Wildman–Crippen MR) is 112 cm³/mol. The second kappa shape index (κ2) is 8.69. The number of piperidine rings is 1. The summed E-state index contributed by atoms with van der Waals surface area (Å²) >= 11 is 0. The molecule has 3 rings (SSSR count). The van der Waals surface area contributed by atoms with Crippen LogP contribution in [0.5, 0.6) is 11.5 Å². The summed E-state index contributed by atoms with van der Waals surface area (Å²) in [6.07, 6.45) is 2.02. The van der Waals surface area contributed by atoms with Crippen molar-refractivity contribution < 1.29 is 14.3 Å². The number of fused-ring (bicyclic) bond motifs is 1. The number of ether oxygens (including phenoxy) is 2. The predicted octanol–water partition coefficient (Wildman–Crippen LogP) is 3.65. The van der Waals surface area contributed by atoms with E-state index in [9.17, 15) is 4.79 Å². The Morgan fingerprint density at radius 3 is 2.43 bits per heavy atom. The molecule has 0 saturated carbocycles. The summed E-state index contributed by atoms with van der Waals surface area (Å²) in [5, 5.41) is 5.11. The number of hydrogen-bond donors (Lipinski definition) is 1. The third-order valence-corrected chi connectivity index (χ3v) is 5.80. The number of nitrogens with zero attached hydrogens (tertiary/aromatic N) is 2. The first kappa shape index (κ1) is 20.3. The minimum Gasteiger partial charge on any atom is -0.496 e. The van der Waals surface area contributed by atoms with E-state index >= 15 is 0 Å². The highest BCUT2D eigenvalue weighted by molar-refractivity contribution is 5.96. The Labute approximate surface area is 167 Å².